The van der Waals surface area contributed by atoms with Gasteiger partial charge in [0.15, 0.2) is 5.96 Å². The van der Waals surface area contributed by atoms with Crippen molar-refractivity contribution in [1.82, 2.24) is 10.2 Å². The molecular formula is C22H30IN3O. The average molecular weight is 479 g/mol. The standard InChI is InChI=1S/C22H29N3O.HI/c1-25(2)21(23-10-12-6-4-3-5-7-12)24-11-22(26)19-14-9-15-17-13(14)8-16(19)18(17)20(15)22;/h3-7,13-20,26H,8-11H2,1-2H3,(H,23,24);1H. The van der Waals surface area contributed by atoms with Crippen molar-refractivity contribution in [3.8, 4) is 0 Å². The molecule has 4 nitrogen and oxygen atoms in total. The van der Waals surface area contributed by atoms with Gasteiger partial charge in [-0.3, -0.25) is 0 Å². The third kappa shape index (κ3) is 2.21. The molecule has 9 atom stereocenters. The average Bonchev–Trinajstić information content (AvgIpc) is 3.14. The van der Waals surface area contributed by atoms with Crippen LogP contribution in [0.1, 0.15) is 18.4 Å². The highest BCUT2D eigenvalue weighted by atomic mass is 127. The van der Waals surface area contributed by atoms with Gasteiger partial charge in [-0.15, -0.1) is 24.0 Å². The maximum Gasteiger partial charge on any atom is 0.193 e. The van der Waals surface area contributed by atoms with Crippen LogP contribution in [-0.2, 0) is 6.54 Å². The van der Waals surface area contributed by atoms with E-state index >= 15 is 0 Å². The van der Waals surface area contributed by atoms with Crippen molar-refractivity contribution in [2.75, 3.05) is 20.6 Å². The topological polar surface area (TPSA) is 47.9 Å². The Labute approximate surface area is 178 Å². The van der Waals surface area contributed by atoms with Gasteiger partial charge in [0.2, 0.25) is 0 Å². The number of fused-ring (bicyclic) bond motifs is 2. The highest BCUT2D eigenvalue weighted by Gasteiger charge is 2.84. The third-order valence-electron chi connectivity index (χ3n) is 8.73. The Hall–Kier alpha value is -0.820. The number of aliphatic imine (C=N–C) groups is 1. The minimum atomic E-state index is -0.492. The molecule has 5 aliphatic rings. The largest absolute Gasteiger partial charge is 0.387 e. The molecule has 0 aliphatic heterocycles. The maximum atomic E-state index is 11.7. The van der Waals surface area contributed by atoms with Crippen LogP contribution in [0.15, 0.2) is 35.3 Å². The van der Waals surface area contributed by atoms with Crippen molar-refractivity contribution in [2.24, 2.45) is 52.3 Å². The summed E-state index contributed by atoms with van der Waals surface area (Å²) in [5, 5.41) is 15.3. The van der Waals surface area contributed by atoms with Gasteiger partial charge in [-0.25, -0.2) is 4.99 Å². The van der Waals surface area contributed by atoms with Gasteiger partial charge in [-0.05, 0) is 65.7 Å². The molecule has 2 N–H and O–H groups in total. The van der Waals surface area contributed by atoms with Crippen molar-refractivity contribution >= 4 is 29.9 Å². The molecule has 5 saturated carbocycles. The van der Waals surface area contributed by atoms with Gasteiger partial charge < -0.3 is 15.3 Å². The van der Waals surface area contributed by atoms with E-state index in [1.54, 1.807) is 0 Å². The lowest BCUT2D eigenvalue weighted by molar-refractivity contribution is -0.126. The van der Waals surface area contributed by atoms with Gasteiger partial charge in [-0.1, -0.05) is 30.3 Å². The summed E-state index contributed by atoms with van der Waals surface area (Å²) in [6.07, 6.45) is 2.84. The monoisotopic (exact) mass is 479 g/mol. The Morgan fingerprint density at radius 3 is 2.52 bits per heavy atom. The van der Waals surface area contributed by atoms with Crippen molar-refractivity contribution in [3.63, 3.8) is 0 Å². The molecule has 0 saturated heterocycles. The summed E-state index contributed by atoms with van der Waals surface area (Å²) in [6, 6.07) is 10.4. The molecule has 0 spiro atoms. The van der Waals surface area contributed by atoms with E-state index in [1.807, 2.05) is 25.1 Å². The zero-order valence-corrected chi connectivity index (χ0v) is 18.4. The number of halogens is 1. The van der Waals surface area contributed by atoms with Crippen molar-refractivity contribution < 1.29 is 5.11 Å². The van der Waals surface area contributed by atoms with E-state index in [0.29, 0.717) is 24.9 Å². The van der Waals surface area contributed by atoms with Gasteiger partial charge in [-0.2, -0.15) is 0 Å². The fourth-order valence-corrected chi connectivity index (χ4v) is 8.29. The number of rotatable bonds is 4. The molecule has 2 bridgehead atoms. The lowest BCUT2D eigenvalue weighted by Crippen LogP contribution is -2.59. The van der Waals surface area contributed by atoms with Crippen LogP contribution in [0.5, 0.6) is 0 Å². The highest BCUT2D eigenvalue weighted by molar-refractivity contribution is 14.0. The lowest BCUT2D eigenvalue weighted by Gasteiger charge is -2.51. The molecule has 0 radical (unpaired) electrons. The SMILES string of the molecule is CN(C)C(=NCc1ccccc1)NCC1(O)C2C3CC4C5C3CC2C5C41.I. The number of nitrogens with one attached hydrogen (secondary N) is 1. The molecule has 146 valence electrons. The molecule has 6 rings (SSSR count). The zero-order chi connectivity index (χ0) is 17.6. The van der Waals surface area contributed by atoms with Crippen LogP contribution in [0, 0.1) is 47.3 Å². The Bertz CT molecular complexity index is 762. The van der Waals surface area contributed by atoms with Gasteiger partial charge in [0, 0.05) is 20.6 Å². The fraction of sp³-hybridized carbons (Fsp3) is 0.682. The summed E-state index contributed by atoms with van der Waals surface area (Å²) in [6.45, 7) is 1.35. The summed E-state index contributed by atoms with van der Waals surface area (Å²) >= 11 is 0. The van der Waals surface area contributed by atoms with Gasteiger partial charge in [0.1, 0.15) is 0 Å². The smallest absolute Gasteiger partial charge is 0.193 e. The van der Waals surface area contributed by atoms with Crippen LogP contribution in [0.2, 0.25) is 0 Å². The molecule has 9 unspecified atom stereocenters. The minimum absolute atomic E-state index is 0. The van der Waals surface area contributed by atoms with E-state index in [4.69, 9.17) is 4.99 Å². The second-order valence-electron chi connectivity index (χ2n) is 9.70. The van der Waals surface area contributed by atoms with Crippen LogP contribution in [-0.4, -0.2) is 42.2 Å². The molecule has 0 amide bonds. The number of nitrogens with zero attached hydrogens (tertiary/aromatic N) is 2. The van der Waals surface area contributed by atoms with Gasteiger partial charge >= 0.3 is 0 Å². The Morgan fingerprint density at radius 2 is 1.78 bits per heavy atom. The van der Waals surface area contributed by atoms with E-state index in [1.165, 1.54) is 18.4 Å². The molecule has 0 heterocycles. The number of guanidine groups is 1. The van der Waals surface area contributed by atoms with Crippen molar-refractivity contribution in [2.45, 2.75) is 25.0 Å². The van der Waals surface area contributed by atoms with Gasteiger partial charge in [0.25, 0.3) is 0 Å². The predicted molar refractivity (Wildman–Crippen MR) is 117 cm³/mol. The molecule has 5 fully saturated rings. The predicted octanol–water partition coefficient (Wildman–Crippen LogP) is 2.82. The number of hydrogen-bond acceptors (Lipinski definition) is 2. The normalized spacial score (nSPS) is 47.1. The fourth-order valence-electron chi connectivity index (χ4n) is 8.29. The molecule has 1 aromatic carbocycles. The van der Waals surface area contributed by atoms with Gasteiger partial charge in [0.05, 0.1) is 12.1 Å². The van der Waals surface area contributed by atoms with E-state index in [-0.39, 0.29) is 24.0 Å². The molecule has 5 heteroatoms. The second-order valence-corrected chi connectivity index (χ2v) is 9.70. The number of aliphatic hydroxyl groups is 1. The minimum Gasteiger partial charge on any atom is -0.387 e. The van der Waals surface area contributed by atoms with E-state index in [9.17, 15) is 5.11 Å². The van der Waals surface area contributed by atoms with Crippen LogP contribution in [0.4, 0.5) is 0 Å². The molecule has 27 heavy (non-hydrogen) atoms. The first-order valence-corrected chi connectivity index (χ1v) is 10.3. The Kier molecular flexibility index (Phi) is 4.11. The summed E-state index contributed by atoms with van der Waals surface area (Å²) in [5.74, 6) is 7.29. The van der Waals surface area contributed by atoms with Crippen molar-refractivity contribution in [1.29, 1.82) is 0 Å². The summed E-state index contributed by atoms with van der Waals surface area (Å²) in [4.78, 5) is 6.83. The zero-order valence-electron chi connectivity index (χ0n) is 16.1. The number of benzene rings is 1. The first-order valence-electron chi connectivity index (χ1n) is 10.3. The molecule has 0 aromatic heterocycles. The quantitative estimate of drug-likeness (QED) is 0.397. The van der Waals surface area contributed by atoms with Crippen LogP contribution in [0.3, 0.4) is 0 Å². The number of hydrogen-bond donors (Lipinski definition) is 2. The first-order chi connectivity index (χ1) is 12.6. The Morgan fingerprint density at radius 1 is 1.07 bits per heavy atom. The van der Waals surface area contributed by atoms with Crippen LogP contribution in [0.25, 0.3) is 0 Å². The third-order valence-corrected chi connectivity index (χ3v) is 8.73. The maximum absolute atomic E-state index is 11.7. The van der Waals surface area contributed by atoms with Crippen LogP contribution < -0.4 is 5.32 Å². The summed E-state index contributed by atoms with van der Waals surface area (Å²) in [5.41, 5.74) is 0.724. The highest BCUT2D eigenvalue weighted by Crippen LogP contribution is 2.85. The van der Waals surface area contributed by atoms with E-state index in [2.05, 4.69) is 29.6 Å². The molecular weight excluding hydrogens is 449 g/mol. The van der Waals surface area contributed by atoms with E-state index < -0.39 is 5.60 Å². The van der Waals surface area contributed by atoms with E-state index in [0.717, 1.165) is 41.5 Å². The Balaban J connectivity index is 0.00000160. The lowest BCUT2D eigenvalue weighted by atomic mass is 9.56. The summed E-state index contributed by atoms with van der Waals surface area (Å²) < 4.78 is 0. The second kappa shape index (κ2) is 6.09. The summed E-state index contributed by atoms with van der Waals surface area (Å²) in [7, 11) is 4.06. The molecule has 1 aromatic rings. The van der Waals surface area contributed by atoms with Crippen LogP contribution >= 0.6 is 24.0 Å². The van der Waals surface area contributed by atoms with Crippen molar-refractivity contribution in [3.05, 3.63) is 35.9 Å². The molecule has 5 aliphatic carbocycles. The first kappa shape index (κ1) is 18.2.